The van der Waals surface area contributed by atoms with Crippen LogP contribution in [0.2, 0.25) is 0 Å². The fourth-order valence-electron chi connectivity index (χ4n) is 2.23. The van der Waals surface area contributed by atoms with Crippen molar-refractivity contribution < 1.29 is 4.74 Å². The first-order valence-electron chi connectivity index (χ1n) is 4.04. The van der Waals surface area contributed by atoms with Crippen molar-refractivity contribution in [3.05, 3.63) is 23.8 Å². The lowest BCUT2D eigenvalue weighted by Gasteiger charge is -2.09. The zero-order valence-corrected chi connectivity index (χ0v) is 6.84. The van der Waals surface area contributed by atoms with Crippen LogP contribution in [0.3, 0.4) is 0 Å². The number of ether oxygens (including phenoxy) is 1. The third kappa shape index (κ3) is 0.616. The number of halogens is 1. The maximum absolute atomic E-state index is 6.12. The molecule has 1 saturated heterocycles. The summed E-state index contributed by atoms with van der Waals surface area (Å²) >= 11 is 6.12. The van der Waals surface area contributed by atoms with E-state index in [4.69, 9.17) is 16.3 Å². The molecule has 1 saturated carbocycles. The van der Waals surface area contributed by atoms with Gasteiger partial charge >= 0.3 is 0 Å². The Bertz CT molecular complexity index is 269. The van der Waals surface area contributed by atoms with Crippen molar-refractivity contribution in [2.45, 2.75) is 29.9 Å². The molecule has 0 amide bonds. The van der Waals surface area contributed by atoms with Crippen LogP contribution in [0.4, 0.5) is 0 Å². The SMILES string of the molecule is ClC1CCC23OC2C=CC=C13. The zero-order chi connectivity index (χ0) is 7.47. The van der Waals surface area contributed by atoms with Gasteiger partial charge < -0.3 is 4.74 Å². The predicted molar refractivity (Wildman–Crippen MR) is 43.7 cm³/mol. The Kier molecular flexibility index (Phi) is 0.983. The number of hydrogen-bond acceptors (Lipinski definition) is 1. The quantitative estimate of drug-likeness (QED) is 0.398. The van der Waals surface area contributed by atoms with Crippen LogP contribution >= 0.6 is 11.6 Å². The van der Waals surface area contributed by atoms with Gasteiger partial charge in [0.1, 0.15) is 11.7 Å². The molecule has 3 atom stereocenters. The van der Waals surface area contributed by atoms with Crippen molar-refractivity contribution in [3.8, 4) is 0 Å². The lowest BCUT2D eigenvalue weighted by molar-refractivity contribution is 0.334. The standard InChI is InChI=1S/C9H9ClO/c10-7-4-5-9-6(7)2-1-3-8(9)11-9/h1-3,7-8H,4-5H2. The minimum atomic E-state index is 0.0706. The summed E-state index contributed by atoms with van der Waals surface area (Å²) in [6.07, 6.45) is 8.85. The molecule has 0 aromatic rings. The fourth-order valence-corrected chi connectivity index (χ4v) is 2.60. The molecule has 2 fully saturated rings. The molecule has 3 rings (SSSR count). The Morgan fingerprint density at radius 3 is 3.36 bits per heavy atom. The third-order valence-electron chi connectivity index (χ3n) is 2.90. The maximum Gasteiger partial charge on any atom is 0.122 e. The van der Waals surface area contributed by atoms with Crippen LogP contribution in [0.15, 0.2) is 23.8 Å². The Morgan fingerprint density at radius 1 is 1.64 bits per heavy atom. The van der Waals surface area contributed by atoms with Crippen molar-refractivity contribution in [2.75, 3.05) is 0 Å². The summed E-state index contributed by atoms with van der Waals surface area (Å²) in [5.41, 5.74) is 1.38. The van der Waals surface area contributed by atoms with Crippen molar-refractivity contribution in [1.29, 1.82) is 0 Å². The number of alkyl halides is 1. The summed E-state index contributed by atoms with van der Waals surface area (Å²) < 4.78 is 5.62. The maximum atomic E-state index is 6.12. The summed E-state index contributed by atoms with van der Waals surface area (Å²) in [4.78, 5) is 0. The summed E-state index contributed by atoms with van der Waals surface area (Å²) in [7, 11) is 0. The summed E-state index contributed by atoms with van der Waals surface area (Å²) in [5, 5.41) is 0.227. The Morgan fingerprint density at radius 2 is 2.55 bits per heavy atom. The highest BCUT2D eigenvalue weighted by Gasteiger charge is 2.62. The lowest BCUT2D eigenvalue weighted by Crippen LogP contribution is -2.15. The second-order valence-corrected chi connectivity index (χ2v) is 3.97. The molecule has 0 N–H and O–H groups in total. The average Bonchev–Trinajstić information content (AvgIpc) is 2.66. The highest BCUT2D eigenvalue weighted by Crippen LogP contribution is 2.56. The van der Waals surface area contributed by atoms with Crippen LogP contribution < -0.4 is 0 Å². The van der Waals surface area contributed by atoms with Crippen molar-refractivity contribution >= 4 is 11.6 Å². The minimum Gasteiger partial charge on any atom is -0.357 e. The van der Waals surface area contributed by atoms with E-state index in [1.807, 2.05) is 0 Å². The van der Waals surface area contributed by atoms with E-state index in [0.717, 1.165) is 12.8 Å². The predicted octanol–water partition coefficient (Wildman–Crippen LogP) is 2.02. The van der Waals surface area contributed by atoms with Crippen molar-refractivity contribution in [2.24, 2.45) is 0 Å². The van der Waals surface area contributed by atoms with Crippen LogP contribution in [0.5, 0.6) is 0 Å². The number of hydrogen-bond donors (Lipinski definition) is 0. The molecular formula is C9H9ClO. The molecular weight excluding hydrogens is 160 g/mol. The van der Waals surface area contributed by atoms with E-state index in [1.165, 1.54) is 5.57 Å². The summed E-state index contributed by atoms with van der Waals surface area (Å²) in [6.45, 7) is 0. The smallest absolute Gasteiger partial charge is 0.122 e. The summed E-state index contributed by atoms with van der Waals surface area (Å²) in [5.74, 6) is 0. The number of epoxide rings is 1. The van der Waals surface area contributed by atoms with E-state index in [-0.39, 0.29) is 11.0 Å². The molecule has 0 aromatic heterocycles. The first kappa shape index (κ1) is 6.27. The molecule has 2 heteroatoms. The topological polar surface area (TPSA) is 12.5 Å². The first-order valence-corrected chi connectivity index (χ1v) is 4.47. The van der Waals surface area contributed by atoms with Crippen LogP contribution in [0.25, 0.3) is 0 Å². The van der Waals surface area contributed by atoms with Crippen LogP contribution in [0, 0.1) is 0 Å². The van der Waals surface area contributed by atoms with Gasteiger partial charge in [0.25, 0.3) is 0 Å². The molecule has 1 heterocycles. The third-order valence-corrected chi connectivity index (χ3v) is 3.35. The van der Waals surface area contributed by atoms with E-state index >= 15 is 0 Å². The second-order valence-electron chi connectivity index (χ2n) is 3.44. The van der Waals surface area contributed by atoms with Gasteiger partial charge in [-0.3, -0.25) is 0 Å². The molecule has 0 radical (unpaired) electrons. The molecule has 3 unspecified atom stereocenters. The molecule has 2 aliphatic carbocycles. The zero-order valence-electron chi connectivity index (χ0n) is 6.09. The molecule has 1 nitrogen and oxygen atoms in total. The van der Waals surface area contributed by atoms with Gasteiger partial charge in [-0.25, -0.2) is 0 Å². The van der Waals surface area contributed by atoms with Gasteiger partial charge in [0.05, 0.1) is 5.38 Å². The van der Waals surface area contributed by atoms with Crippen LogP contribution in [-0.2, 0) is 4.74 Å². The average molecular weight is 169 g/mol. The van der Waals surface area contributed by atoms with Crippen LogP contribution in [-0.4, -0.2) is 17.1 Å². The Labute approximate surface area is 70.7 Å². The molecule has 1 spiro atoms. The van der Waals surface area contributed by atoms with E-state index in [2.05, 4.69) is 18.2 Å². The normalized spacial score (nSPS) is 51.5. The van der Waals surface area contributed by atoms with E-state index in [9.17, 15) is 0 Å². The molecule has 0 aromatic carbocycles. The van der Waals surface area contributed by atoms with Gasteiger partial charge in [0.2, 0.25) is 0 Å². The largest absolute Gasteiger partial charge is 0.357 e. The minimum absolute atomic E-state index is 0.0706. The molecule has 58 valence electrons. The summed E-state index contributed by atoms with van der Waals surface area (Å²) in [6, 6.07) is 0. The highest BCUT2D eigenvalue weighted by molar-refractivity contribution is 6.23. The molecule has 11 heavy (non-hydrogen) atoms. The van der Waals surface area contributed by atoms with Gasteiger partial charge in [0.15, 0.2) is 0 Å². The van der Waals surface area contributed by atoms with E-state index < -0.39 is 0 Å². The molecule has 1 aliphatic heterocycles. The monoisotopic (exact) mass is 168 g/mol. The fraction of sp³-hybridized carbons (Fsp3) is 0.556. The Balaban J connectivity index is 2.09. The molecule has 0 bridgehead atoms. The second kappa shape index (κ2) is 1.73. The van der Waals surface area contributed by atoms with Crippen LogP contribution in [0.1, 0.15) is 12.8 Å². The van der Waals surface area contributed by atoms with Gasteiger partial charge in [0, 0.05) is 0 Å². The van der Waals surface area contributed by atoms with E-state index in [1.54, 1.807) is 0 Å². The van der Waals surface area contributed by atoms with Gasteiger partial charge in [-0.15, -0.1) is 11.6 Å². The van der Waals surface area contributed by atoms with E-state index in [0.29, 0.717) is 6.10 Å². The molecule has 3 aliphatic rings. The van der Waals surface area contributed by atoms with Gasteiger partial charge in [-0.2, -0.15) is 0 Å². The van der Waals surface area contributed by atoms with Gasteiger partial charge in [-0.05, 0) is 18.4 Å². The number of rotatable bonds is 0. The highest BCUT2D eigenvalue weighted by atomic mass is 35.5. The van der Waals surface area contributed by atoms with Crippen molar-refractivity contribution in [3.63, 3.8) is 0 Å². The van der Waals surface area contributed by atoms with Gasteiger partial charge in [-0.1, -0.05) is 18.2 Å². The van der Waals surface area contributed by atoms with Crippen molar-refractivity contribution in [1.82, 2.24) is 0 Å². The lowest BCUT2D eigenvalue weighted by atomic mass is 9.94. The first-order chi connectivity index (χ1) is 5.33. The Hall–Kier alpha value is -0.270. The number of allylic oxidation sites excluding steroid dienone is 2.